The Balaban J connectivity index is 1.38. The van der Waals surface area contributed by atoms with Gasteiger partial charge in [-0.25, -0.2) is 4.79 Å². The van der Waals surface area contributed by atoms with Crippen LogP contribution in [0.5, 0.6) is 0 Å². The lowest BCUT2D eigenvalue weighted by molar-refractivity contribution is 0.1000. The number of nitrogens with one attached hydrogen (secondary N) is 2. The van der Waals surface area contributed by atoms with Crippen molar-refractivity contribution in [3.63, 3.8) is 0 Å². The van der Waals surface area contributed by atoms with Crippen molar-refractivity contribution in [3.05, 3.63) is 47.3 Å². The van der Waals surface area contributed by atoms with Gasteiger partial charge in [-0.1, -0.05) is 12.1 Å². The number of hydrogen-bond acceptors (Lipinski definition) is 4. The van der Waals surface area contributed by atoms with E-state index in [4.69, 9.17) is 4.74 Å². The van der Waals surface area contributed by atoms with Crippen LogP contribution in [0.25, 0.3) is 0 Å². The topological polar surface area (TPSA) is 68.2 Å². The molecule has 0 aliphatic carbocycles. The van der Waals surface area contributed by atoms with Crippen LogP contribution >= 0.6 is 11.8 Å². The number of carbonyl (C=O) groups is 1. The summed E-state index contributed by atoms with van der Waals surface area (Å²) in [5.74, 6) is 0.963. The molecule has 7 heteroatoms. The second-order valence-corrected chi connectivity index (χ2v) is 8.50. The van der Waals surface area contributed by atoms with Gasteiger partial charge in [0.1, 0.15) is 0 Å². The van der Waals surface area contributed by atoms with Crippen LogP contribution in [0.3, 0.4) is 0 Å². The van der Waals surface area contributed by atoms with Crippen molar-refractivity contribution in [2.75, 3.05) is 25.1 Å². The first-order chi connectivity index (χ1) is 13.6. The van der Waals surface area contributed by atoms with Gasteiger partial charge in [-0.05, 0) is 56.9 Å². The average Bonchev–Trinajstić information content (AvgIpc) is 3.02. The predicted octanol–water partition coefficient (Wildman–Crippen LogP) is 4.12. The van der Waals surface area contributed by atoms with Gasteiger partial charge in [0, 0.05) is 48.7 Å². The molecule has 1 aliphatic heterocycles. The van der Waals surface area contributed by atoms with Gasteiger partial charge in [0.25, 0.3) is 0 Å². The molecule has 1 saturated heterocycles. The van der Waals surface area contributed by atoms with Crippen molar-refractivity contribution in [2.24, 2.45) is 0 Å². The van der Waals surface area contributed by atoms with E-state index in [1.165, 1.54) is 5.56 Å². The van der Waals surface area contributed by atoms with E-state index in [0.29, 0.717) is 11.8 Å². The fourth-order valence-electron chi connectivity index (χ4n) is 3.30. The second-order valence-electron chi connectivity index (χ2n) is 7.21. The summed E-state index contributed by atoms with van der Waals surface area (Å²) in [6.45, 7) is 7.21. The Kier molecular flexibility index (Phi) is 7.80. The number of aromatic nitrogens is 2. The van der Waals surface area contributed by atoms with E-state index in [1.807, 2.05) is 42.4 Å². The zero-order valence-electron chi connectivity index (χ0n) is 16.7. The SMILES string of the molecule is Cc1cc(C)n(CCCNC(=O)Nc2cccc(CSC3CCOCC3)c2)n1. The maximum atomic E-state index is 12.1. The first-order valence-corrected chi connectivity index (χ1v) is 11.0. The Morgan fingerprint density at radius 3 is 2.86 bits per heavy atom. The fourth-order valence-corrected chi connectivity index (χ4v) is 4.44. The number of urea groups is 1. The van der Waals surface area contributed by atoms with E-state index < -0.39 is 0 Å². The highest BCUT2D eigenvalue weighted by Crippen LogP contribution is 2.26. The normalized spacial score (nSPS) is 14.8. The van der Waals surface area contributed by atoms with Gasteiger partial charge < -0.3 is 15.4 Å². The Labute approximate surface area is 171 Å². The van der Waals surface area contributed by atoms with E-state index in [1.54, 1.807) is 0 Å². The maximum Gasteiger partial charge on any atom is 0.319 e. The van der Waals surface area contributed by atoms with E-state index in [0.717, 1.165) is 61.8 Å². The van der Waals surface area contributed by atoms with Gasteiger partial charge >= 0.3 is 6.03 Å². The summed E-state index contributed by atoms with van der Waals surface area (Å²) in [7, 11) is 0. The quantitative estimate of drug-likeness (QED) is 0.652. The monoisotopic (exact) mass is 402 g/mol. The summed E-state index contributed by atoms with van der Waals surface area (Å²) in [5.41, 5.74) is 4.25. The third-order valence-electron chi connectivity index (χ3n) is 4.77. The number of thioether (sulfide) groups is 1. The summed E-state index contributed by atoms with van der Waals surface area (Å²) in [4.78, 5) is 12.1. The molecule has 0 atom stereocenters. The number of anilines is 1. The zero-order chi connectivity index (χ0) is 19.8. The molecule has 1 aromatic heterocycles. The van der Waals surface area contributed by atoms with E-state index in [9.17, 15) is 4.79 Å². The molecule has 0 unspecified atom stereocenters. The lowest BCUT2D eigenvalue weighted by Crippen LogP contribution is -2.30. The van der Waals surface area contributed by atoms with Crippen molar-refractivity contribution in [1.29, 1.82) is 0 Å². The highest BCUT2D eigenvalue weighted by molar-refractivity contribution is 7.99. The molecule has 0 radical (unpaired) electrons. The minimum atomic E-state index is -0.164. The number of amides is 2. The maximum absolute atomic E-state index is 12.1. The van der Waals surface area contributed by atoms with Gasteiger partial charge in [0.2, 0.25) is 0 Å². The minimum absolute atomic E-state index is 0.164. The first-order valence-electron chi connectivity index (χ1n) is 9.94. The van der Waals surface area contributed by atoms with Gasteiger partial charge in [-0.3, -0.25) is 4.68 Å². The third-order valence-corrected chi connectivity index (χ3v) is 6.22. The molecular weight excluding hydrogens is 372 g/mol. The summed E-state index contributed by atoms with van der Waals surface area (Å²) in [6, 6.07) is 10.00. The van der Waals surface area contributed by atoms with E-state index in [2.05, 4.69) is 33.9 Å². The van der Waals surface area contributed by atoms with Crippen LogP contribution in [-0.4, -0.2) is 40.8 Å². The largest absolute Gasteiger partial charge is 0.381 e. The van der Waals surface area contributed by atoms with Crippen LogP contribution in [-0.2, 0) is 17.0 Å². The third kappa shape index (κ3) is 6.56. The molecule has 1 aromatic carbocycles. The van der Waals surface area contributed by atoms with Crippen molar-refractivity contribution in [2.45, 2.75) is 50.7 Å². The smallest absolute Gasteiger partial charge is 0.319 e. The standard InChI is InChI=1S/C21H30N4O2S/c1-16-13-17(2)25(24-16)10-4-9-22-21(26)23-19-6-3-5-18(14-19)15-28-20-7-11-27-12-8-20/h3,5-6,13-14,20H,4,7-12,15H2,1-2H3,(H2,22,23,26). The van der Waals surface area contributed by atoms with Gasteiger partial charge in [-0.2, -0.15) is 16.9 Å². The molecule has 3 rings (SSSR count). The molecule has 2 N–H and O–H groups in total. The van der Waals surface area contributed by atoms with Crippen molar-refractivity contribution < 1.29 is 9.53 Å². The lowest BCUT2D eigenvalue weighted by atomic mass is 10.2. The van der Waals surface area contributed by atoms with Crippen LogP contribution in [0.15, 0.2) is 30.3 Å². The van der Waals surface area contributed by atoms with Gasteiger partial charge in [0.05, 0.1) is 5.69 Å². The summed E-state index contributed by atoms with van der Waals surface area (Å²) in [6.07, 6.45) is 3.10. The molecule has 0 spiro atoms. The minimum Gasteiger partial charge on any atom is -0.381 e. The lowest BCUT2D eigenvalue weighted by Gasteiger charge is -2.21. The van der Waals surface area contributed by atoms with E-state index in [-0.39, 0.29) is 6.03 Å². The number of rotatable bonds is 8. The van der Waals surface area contributed by atoms with Crippen molar-refractivity contribution >= 4 is 23.5 Å². The Morgan fingerprint density at radius 1 is 1.29 bits per heavy atom. The Hall–Kier alpha value is -1.99. The molecule has 2 aromatic rings. The van der Waals surface area contributed by atoms with Gasteiger partial charge in [-0.15, -0.1) is 0 Å². The summed E-state index contributed by atoms with van der Waals surface area (Å²) in [5, 5.41) is 11.0. The van der Waals surface area contributed by atoms with Crippen molar-refractivity contribution in [1.82, 2.24) is 15.1 Å². The summed E-state index contributed by atoms with van der Waals surface area (Å²) >= 11 is 1.98. The molecule has 1 fully saturated rings. The van der Waals surface area contributed by atoms with Crippen LogP contribution in [0.2, 0.25) is 0 Å². The van der Waals surface area contributed by atoms with Gasteiger partial charge in [0.15, 0.2) is 0 Å². The van der Waals surface area contributed by atoms with Crippen LogP contribution in [0, 0.1) is 13.8 Å². The molecule has 0 bridgehead atoms. The molecule has 1 aliphatic rings. The van der Waals surface area contributed by atoms with Crippen molar-refractivity contribution in [3.8, 4) is 0 Å². The molecule has 28 heavy (non-hydrogen) atoms. The van der Waals surface area contributed by atoms with Crippen LogP contribution in [0.4, 0.5) is 10.5 Å². The highest BCUT2D eigenvalue weighted by atomic mass is 32.2. The molecule has 2 heterocycles. The number of ether oxygens (including phenoxy) is 1. The number of aryl methyl sites for hydroxylation is 3. The Bertz CT molecular complexity index is 772. The second kappa shape index (κ2) is 10.5. The molecule has 6 nitrogen and oxygen atoms in total. The predicted molar refractivity (Wildman–Crippen MR) is 115 cm³/mol. The zero-order valence-corrected chi connectivity index (χ0v) is 17.6. The summed E-state index contributed by atoms with van der Waals surface area (Å²) < 4.78 is 7.39. The number of nitrogens with zero attached hydrogens (tertiary/aromatic N) is 2. The molecular formula is C21H30N4O2S. The highest BCUT2D eigenvalue weighted by Gasteiger charge is 2.14. The molecule has 152 valence electrons. The fraction of sp³-hybridized carbons (Fsp3) is 0.524. The van der Waals surface area contributed by atoms with Crippen LogP contribution < -0.4 is 10.6 Å². The number of hydrogen-bond donors (Lipinski definition) is 2. The average molecular weight is 403 g/mol. The molecule has 2 amide bonds. The first kappa shape index (κ1) is 20.7. The molecule has 0 saturated carbocycles. The van der Waals surface area contributed by atoms with Crippen LogP contribution in [0.1, 0.15) is 36.2 Å². The number of benzene rings is 1. The van der Waals surface area contributed by atoms with E-state index >= 15 is 0 Å². The Morgan fingerprint density at radius 2 is 2.11 bits per heavy atom. The number of carbonyl (C=O) groups excluding carboxylic acids is 1.